The lowest BCUT2D eigenvalue weighted by atomic mass is 10.1. The van der Waals surface area contributed by atoms with Gasteiger partial charge in [0, 0.05) is 29.9 Å². The number of hydrogen-bond acceptors (Lipinski definition) is 6. The first kappa shape index (κ1) is 24.1. The minimum atomic E-state index is -2.95. The highest BCUT2D eigenvalue weighted by Gasteiger charge is 2.26. The van der Waals surface area contributed by atoms with Crippen LogP contribution in [-0.4, -0.2) is 51.8 Å². The van der Waals surface area contributed by atoms with Crippen LogP contribution in [0.2, 0.25) is 5.02 Å². The molecule has 1 aliphatic rings. The molecule has 1 saturated heterocycles. The summed E-state index contributed by atoms with van der Waals surface area (Å²) >= 11 is 5.89. The average molecular weight is 499 g/mol. The lowest BCUT2D eigenvalue weighted by Gasteiger charge is -2.26. The molecule has 34 heavy (non-hydrogen) atoms. The van der Waals surface area contributed by atoms with E-state index in [1.165, 1.54) is 29.2 Å². The maximum atomic E-state index is 14.9. The van der Waals surface area contributed by atoms with Crippen LogP contribution in [0.3, 0.4) is 0 Å². The minimum Gasteiger partial charge on any atom is -0.415 e. The lowest BCUT2D eigenvalue weighted by molar-refractivity contribution is -0.119. The molecule has 0 saturated carbocycles. The number of rotatable bonds is 7. The van der Waals surface area contributed by atoms with Gasteiger partial charge in [-0.2, -0.15) is 8.78 Å². The molecule has 1 aliphatic heterocycles. The molecular formula is C22H19ClF4N4O3. The van der Waals surface area contributed by atoms with E-state index in [9.17, 15) is 27.5 Å². The Hall–Kier alpha value is -3.02. The number of hydrogen-bond donors (Lipinski definition) is 1. The normalized spacial score (nSPS) is 16.4. The van der Waals surface area contributed by atoms with Gasteiger partial charge in [-0.25, -0.2) is 8.78 Å². The summed E-state index contributed by atoms with van der Waals surface area (Å²) in [6.45, 7) is 0.607. The molecule has 0 bridgehead atoms. The fourth-order valence-corrected chi connectivity index (χ4v) is 3.80. The lowest BCUT2D eigenvalue weighted by Crippen LogP contribution is -2.40. The fourth-order valence-electron chi connectivity index (χ4n) is 3.63. The number of amides is 1. The summed E-state index contributed by atoms with van der Waals surface area (Å²) in [6, 6.07) is 7.53. The van der Waals surface area contributed by atoms with Crippen molar-refractivity contribution in [3.8, 4) is 11.5 Å². The van der Waals surface area contributed by atoms with Crippen LogP contribution in [0.5, 0.6) is 0 Å². The van der Waals surface area contributed by atoms with Crippen LogP contribution >= 0.6 is 11.6 Å². The van der Waals surface area contributed by atoms with Gasteiger partial charge in [-0.05, 0) is 36.8 Å². The first-order chi connectivity index (χ1) is 16.2. The van der Waals surface area contributed by atoms with Crippen molar-refractivity contribution in [2.45, 2.75) is 25.5 Å². The molecule has 3 aromatic rings. The van der Waals surface area contributed by atoms with Crippen molar-refractivity contribution in [3.05, 3.63) is 64.5 Å². The van der Waals surface area contributed by atoms with E-state index in [2.05, 4.69) is 10.2 Å². The minimum absolute atomic E-state index is 0.0376. The topological polar surface area (TPSA) is 82.7 Å². The number of anilines is 1. The zero-order valence-electron chi connectivity index (χ0n) is 17.6. The van der Waals surface area contributed by atoms with Gasteiger partial charge in [-0.3, -0.25) is 9.69 Å². The van der Waals surface area contributed by atoms with Gasteiger partial charge in [0.1, 0.15) is 11.6 Å². The van der Waals surface area contributed by atoms with E-state index in [1.807, 2.05) is 0 Å². The van der Waals surface area contributed by atoms with Crippen LogP contribution in [0.4, 0.5) is 23.2 Å². The SMILES string of the molecule is O=C(CN1CCC(O)C1)N(Cc1ccc(-c2nnc(C(F)F)o2)cc1F)c1ccc(F)c(Cl)c1. The number of nitrogens with zero attached hydrogens (tertiary/aromatic N) is 4. The average Bonchev–Trinajstić information content (AvgIpc) is 3.44. The number of halogens is 5. The quantitative estimate of drug-likeness (QED) is 0.492. The van der Waals surface area contributed by atoms with E-state index in [0.717, 1.165) is 12.1 Å². The maximum absolute atomic E-state index is 14.9. The van der Waals surface area contributed by atoms with E-state index >= 15 is 0 Å². The first-order valence-corrected chi connectivity index (χ1v) is 10.6. The molecule has 2 heterocycles. The molecule has 2 aromatic carbocycles. The summed E-state index contributed by atoms with van der Waals surface area (Å²) in [5.41, 5.74) is 0.458. The highest BCUT2D eigenvalue weighted by Crippen LogP contribution is 2.28. The molecule has 1 N–H and O–H groups in total. The number of carbonyl (C=O) groups is 1. The summed E-state index contributed by atoms with van der Waals surface area (Å²) in [5, 5.41) is 16.2. The second kappa shape index (κ2) is 10.1. The van der Waals surface area contributed by atoms with Gasteiger partial charge in [0.2, 0.25) is 11.8 Å². The smallest absolute Gasteiger partial charge is 0.314 e. The number of aliphatic hydroxyl groups is 1. The Morgan fingerprint density at radius 2 is 2.00 bits per heavy atom. The van der Waals surface area contributed by atoms with Crippen LogP contribution in [0.1, 0.15) is 24.3 Å². The van der Waals surface area contributed by atoms with E-state index in [4.69, 9.17) is 16.0 Å². The molecule has 0 aliphatic carbocycles. The Kier molecular flexibility index (Phi) is 7.15. The van der Waals surface area contributed by atoms with Gasteiger partial charge in [0.05, 0.1) is 24.2 Å². The molecule has 1 fully saturated rings. The van der Waals surface area contributed by atoms with Gasteiger partial charge in [-0.1, -0.05) is 17.7 Å². The van der Waals surface area contributed by atoms with Crippen molar-refractivity contribution < 1.29 is 31.9 Å². The van der Waals surface area contributed by atoms with Gasteiger partial charge in [0.25, 0.3) is 5.89 Å². The molecule has 0 radical (unpaired) electrons. The molecule has 1 amide bonds. The Balaban J connectivity index is 1.59. The third kappa shape index (κ3) is 5.37. The van der Waals surface area contributed by atoms with Crippen molar-refractivity contribution in [2.24, 2.45) is 0 Å². The molecule has 7 nitrogen and oxygen atoms in total. The van der Waals surface area contributed by atoms with Gasteiger partial charge < -0.3 is 14.4 Å². The number of alkyl halides is 2. The number of aromatic nitrogens is 2. The van der Waals surface area contributed by atoms with E-state index in [1.54, 1.807) is 4.90 Å². The third-order valence-corrected chi connectivity index (χ3v) is 5.67. The van der Waals surface area contributed by atoms with Crippen molar-refractivity contribution in [3.63, 3.8) is 0 Å². The van der Waals surface area contributed by atoms with E-state index in [-0.39, 0.29) is 40.8 Å². The summed E-state index contributed by atoms with van der Waals surface area (Å²) < 4.78 is 58.8. The first-order valence-electron chi connectivity index (χ1n) is 10.3. The maximum Gasteiger partial charge on any atom is 0.314 e. The monoisotopic (exact) mass is 498 g/mol. The molecular weight excluding hydrogens is 480 g/mol. The standard InChI is InChI=1S/C22H19ClF4N4O3/c23-16-8-14(3-4-17(16)24)31(19(33)11-30-6-5-15(32)10-30)9-13-2-1-12(7-18(13)25)21-28-29-22(34-21)20(26)27/h1-4,7-8,15,20,32H,5-6,9-11H2. The van der Waals surface area contributed by atoms with E-state index < -0.39 is 36.0 Å². The van der Waals surface area contributed by atoms with Gasteiger partial charge in [0.15, 0.2) is 0 Å². The number of likely N-dealkylation sites (tertiary alicyclic amines) is 1. The zero-order chi connectivity index (χ0) is 24.4. The Bertz CT molecular complexity index is 1190. The number of benzene rings is 2. The predicted molar refractivity (Wildman–Crippen MR) is 114 cm³/mol. The molecule has 1 aromatic heterocycles. The van der Waals surface area contributed by atoms with Crippen molar-refractivity contribution in [1.29, 1.82) is 0 Å². The predicted octanol–water partition coefficient (Wildman–Crippen LogP) is 4.21. The van der Waals surface area contributed by atoms with Crippen molar-refractivity contribution in [2.75, 3.05) is 24.5 Å². The van der Waals surface area contributed by atoms with Crippen LogP contribution < -0.4 is 4.90 Å². The van der Waals surface area contributed by atoms with Crippen LogP contribution in [0, 0.1) is 11.6 Å². The van der Waals surface area contributed by atoms with Crippen molar-refractivity contribution in [1.82, 2.24) is 15.1 Å². The molecule has 1 unspecified atom stereocenters. The Labute approximate surface area is 196 Å². The van der Waals surface area contributed by atoms with Crippen LogP contribution in [0.15, 0.2) is 40.8 Å². The fraction of sp³-hybridized carbons (Fsp3) is 0.318. The number of aliphatic hydroxyl groups excluding tert-OH is 1. The molecule has 4 rings (SSSR count). The number of carbonyl (C=O) groups excluding carboxylic acids is 1. The highest BCUT2D eigenvalue weighted by atomic mass is 35.5. The van der Waals surface area contributed by atoms with E-state index in [0.29, 0.717) is 19.5 Å². The Morgan fingerprint density at radius 1 is 1.21 bits per heavy atom. The Morgan fingerprint density at radius 3 is 2.62 bits per heavy atom. The summed E-state index contributed by atoms with van der Waals surface area (Å²) in [5.74, 6) is -2.96. The molecule has 180 valence electrons. The second-order valence-corrected chi connectivity index (χ2v) is 8.22. The highest BCUT2D eigenvalue weighted by molar-refractivity contribution is 6.31. The van der Waals surface area contributed by atoms with Crippen LogP contribution in [0.25, 0.3) is 11.5 Å². The second-order valence-electron chi connectivity index (χ2n) is 7.81. The summed E-state index contributed by atoms with van der Waals surface area (Å²) in [6.07, 6.45) is -2.94. The molecule has 12 heteroatoms. The summed E-state index contributed by atoms with van der Waals surface area (Å²) in [7, 11) is 0. The molecule has 0 spiro atoms. The third-order valence-electron chi connectivity index (χ3n) is 5.38. The number of β-amino-alcohol motifs (C(OH)–C–C–N with tert-alkyl or cyclic N) is 1. The van der Waals surface area contributed by atoms with Gasteiger partial charge in [-0.15, -0.1) is 10.2 Å². The zero-order valence-corrected chi connectivity index (χ0v) is 18.4. The van der Waals surface area contributed by atoms with Crippen LogP contribution in [-0.2, 0) is 11.3 Å². The largest absolute Gasteiger partial charge is 0.415 e. The summed E-state index contributed by atoms with van der Waals surface area (Å²) in [4.78, 5) is 16.1. The molecule has 1 atom stereocenters. The van der Waals surface area contributed by atoms with Crippen molar-refractivity contribution >= 4 is 23.2 Å². The van der Waals surface area contributed by atoms with Gasteiger partial charge >= 0.3 is 6.43 Å².